The van der Waals surface area contributed by atoms with Crippen LogP contribution in [0, 0.1) is 0 Å². The molecule has 0 bridgehead atoms. The Kier molecular flexibility index (Phi) is 5.32. The number of hydrogen-bond acceptors (Lipinski definition) is 3. The highest BCUT2D eigenvalue weighted by atomic mass is 35.5. The summed E-state index contributed by atoms with van der Waals surface area (Å²) < 4.78 is 0. The zero-order chi connectivity index (χ0) is 20.4. The number of hydrogen-bond donors (Lipinski definition) is 1. The first kappa shape index (κ1) is 19.2. The molecule has 1 aliphatic rings. The predicted molar refractivity (Wildman–Crippen MR) is 116 cm³/mol. The van der Waals surface area contributed by atoms with E-state index < -0.39 is 0 Å². The summed E-state index contributed by atoms with van der Waals surface area (Å²) in [6.07, 6.45) is 4.27. The summed E-state index contributed by atoms with van der Waals surface area (Å²) in [6, 6.07) is 17.6. The van der Waals surface area contributed by atoms with Gasteiger partial charge >= 0.3 is 6.03 Å². The molecule has 0 spiro atoms. The van der Waals surface area contributed by atoms with Crippen LogP contribution < -0.4 is 5.32 Å². The second-order valence-electron chi connectivity index (χ2n) is 7.02. The fourth-order valence-corrected chi connectivity index (χ4v) is 3.67. The number of urea groups is 1. The maximum absolute atomic E-state index is 12.5. The van der Waals surface area contributed by atoms with Crippen LogP contribution >= 0.6 is 11.6 Å². The average Bonchev–Trinajstić information content (AvgIpc) is 2.90. The molecule has 0 saturated heterocycles. The van der Waals surface area contributed by atoms with Crippen LogP contribution in [0.2, 0.25) is 5.02 Å². The van der Waals surface area contributed by atoms with Gasteiger partial charge in [0.2, 0.25) is 0 Å². The van der Waals surface area contributed by atoms with E-state index in [4.69, 9.17) is 16.7 Å². The van der Waals surface area contributed by atoms with Crippen LogP contribution in [-0.4, -0.2) is 34.8 Å². The number of amides is 2. The van der Waals surface area contributed by atoms with E-state index in [-0.39, 0.29) is 12.1 Å². The normalized spacial score (nSPS) is 15.9. The topological polar surface area (TPSA) is 57.6 Å². The number of halogens is 1. The maximum Gasteiger partial charge on any atom is 0.337 e. The summed E-state index contributed by atoms with van der Waals surface area (Å²) in [7, 11) is 1.62. The van der Waals surface area contributed by atoms with Gasteiger partial charge in [-0.05, 0) is 60.4 Å². The molecule has 1 atom stereocenters. The van der Waals surface area contributed by atoms with Crippen molar-refractivity contribution in [2.75, 3.05) is 7.05 Å². The number of rotatable bonds is 2. The molecule has 2 amide bonds. The number of hydrazone groups is 1. The van der Waals surface area contributed by atoms with Gasteiger partial charge in [0.25, 0.3) is 0 Å². The van der Waals surface area contributed by atoms with Crippen LogP contribution in [-0.2, 0) is 6.42 Å². The number of carbonyl (C=O) groups is 1. The Hall–Kier alpha value is -3.18. The Labute approximate surface area is 175 Å². The number of pyridine rings is 1. The number of nitrogens with one attached hydrogen (secondary N) is 1. The van der Waals surface area contributed by atoms with Gasteiger partial charge < -0.3 is 5.32 Å². The summed E-state index contributed by atoms with van der Waals surface area (Å²) in [5.74, 6) is 0. The lowest BCUT2D eigenvalue weighted by atomic mass is 9.91. The van der Waals surface area contributed by atoms with Crippen LogP contribution in [0.3, 0.4) is 0 Å². The minimum absolute atomic E-state index is 0.0784. The number of fused-ring (bicyclic) bond motifs is 1. The third-order valence-corrected chi connectivity index (χ3v) is 5.31. The first-order chi connectivity index (χ1) is 14.1. The van der Waals surface area contributed by atoms with Crippen LogP contribution in [0.5, 0.6) is 0 Å². The van der Waals surface area contributed by atoms with Crippen molar-refractivity contribution in [2.24, 2.45) is 5.10 Å². The van der Waals surface area contributed by atoms with Crippen LogP contribution in [0.15, 0.2) is 72.1 Å². The molecular weight excluding hydrogens is 384 g/mol. The van der Waals surface area contributed by atoms with Crippen molar-refractivity contribution in [3.8, 4) is 11.1 Å². The van der Waals surface area contributed by atoms with E-state index >= 15 is 0 Å². The lowest BCUT2D eigenvalue weighted by molar-refractivity contribution is 0.184. The number of aromatic nitrogens is 1. The Morgan fingerprint density at radius 2 is 1.72 bits per heavy atom. The zero-order valence-corrected chi connectivity index (χ0v) is 17.0. The molecular formula is C23H21ClN4O. The number of benzene rings is 2. The van der Waals surface area contributed by atoms with Crippen LogP contribution in [0.4, 0.5) is 4.79 Å². The summed E-state index contributed by atoms with van der Waals surface area (Å²) >= 11 is 6.09. The highest BCUT2D eigenvalue weighted by molar-refractivity contribution is 6.30. The summed E-state index contributed by atoms with van der Waals surface area (Å²) in [5.41, 5.74) is 5.98. The van der Waals surface area contributed by atoms with E-state index in [0.29, 0.717) is 11.4 Å². The molecule has 1 N–H and O–H groups in total. The van der Waals surface area contributed by atoms with Gasteiger partial charge in [0.1, 0.15) is 0 Å². The molecule has 2 heterocycles. The van der Waals surface area contributed by atoms with E-state index in [1.807, 2.05) is 43.3 Å². The van der Waals surface area contributed by atoms with Crippen molar-refractivity contribution in [2.45, 2.75) is 19.4 Å². The molecule has 1 aliphatic heterocycles. The van der Waals surface area contributed by atoms with E-state index in [1.54, 1.807) is 19.4 Å². The minimum Gasteiger partial charge on any atom is -0.340 e. The molecule has 29 heavy (non-hydrogen) atoms. The molecule has 3 aromatic rings. The Morgan fingerprint density at radius 3 is 2.41 bits per heavy atom. The average molecular weight is 405 g/mol. The van der Waals surface area contributed by atoms with Gasteiger partial charge in [-0.25, -0.2) is 9.80 Å². The van der Waals surface area contributed by atoms with Gasteiger partial charge in [-0.2, -0.15) is 5.10 Å². The van der Waals surface area contributed by atoms with Crippen molar-refractivity contribution in [3.05, 3.63) is 88.7 Å². The molecule has 4 rings (SSSR count). The molecule has 0 saturated carbocycles. The standard InChI is InChI=1S/C23H21ClN4O/c1-15-13-19-4-3-18(16-9-11-26-12-10-16)14-21(19)22(27-28(15)23(29)25-2)17-5-7-20(24)8-6-17/h3-12,14-15H,13H2,1-2H3,(H,25,29). The van der Waals surface area contributed by atoms with Crippen molar-refractivity contribution in [3.63, 3.8) is 0 Å². The fraction of sp³-hybridized carbons (Fsp3) is 0.174. The van der Waals surface area contributed by atoms with E-state index in [2.05, 4.69) is 28.5 Å². The van der Waals surface area contributed by atoms with Crippen molar-refractivity contribution in [1.82, 2.24) is 15.3 Å². The molecule has 0 aliphatic carbocycles. The molecule has 0 radical (unpaired) electrons. The van der Waals surface area contributed by atoms with E-state index in [9.17, 15) is 4.79 Å². The molecule has 0 fully saturated rings. The Morgan fingerprint density at radius 1 is 1.03 bits per heavy atom. The Bertz CT molecular complexity index is 1060. The summed E-state index contributed by atoms with van der Waals surface area (Å²) in [6.45, 7) is 2.00. The largest absolute Gasteiger partial charge is 0.340 e. The number of nitrogens with zero attached hydrogens (tertiary/aromatic N) is 3. The monoisotopic (exact) mass is 404 g/mol. The zero-order valence-electron chi connectivity index (χ0n) is 16.3. The maximum atomic E-state index is 12.5. The van der Waals surface area contributed by atoms with Crippen molar-refractivity contribution in [1.29, 1.82) is 0 Å². The summed E-state index contributed by atoms with van der Waals surface area (Å²) in [4.78, 5) is 16.6. The molecule has 6 heteroatoms. The highest BCUT2D eigenvalue weighted by Crippen LogP contribution is 2.29. The smallest absolute Gasteiger partial charge is 0.337 e. The first-order valence-electron chi connectivity index (χ1n) is 9.46. The second-order valence-corrected chi connectivity index (χ2v) is 7.45. The van der Waals surface area contributed by atoms with Gasteiger partial charge in [0.05, 0.1) is 11.8 Å². The molecule has 1 unspecified atom stereocenters. The molecule has 146 valence electrons. The number of carbonyl (C=O) groups excluding carboxylic acids is 1. The highest BCUT2D eigenvalue weighted by Gasteiger charge is 2.27. The van der Waals surface area contributed by atoms with Crippen molar-refractivity contribution >= 4 is 23.3 Å². The van der Waals surface area contributed by atoms with Crippen LogP contribution in [0.25, 0.3) is 11.1 Å². The van der Waals surface area contributed by atoms with E-state index in [1.165, 1.54) is 5.01 Å². The molecule has 1 aromatic heterocycles. The predicted octanol–water partition coefficient (Wildman–Crippen LogP) is 4.74. The Balaban J connectivity index is 1.91. The van der Waals surface area contributed by atoms with Gasteiger partial charge in [-0.1, -0.05) is 35.9 Å². The van der Waals surface area contributed by atoms with Crippen LogP contribution in [0.1, 0.15) is 23.6 Å². The van der Waals surface area contributed by atoms with Gasteiger partial charge in [0, 0.05) is 35.6 Å². The summed E-state index contributed by atoms with van der Waals surface area (Å²) in [5, 5.41) is 9.66. The van der Waals surface area contributed by atoms with Gasteiger partial charge in [-0.15, -0.1) is 0 Å². The van der Waals surface area contributed by atoms with Gasteiger partial charge in [0.15, 0.2) is 0 Å². The van der Waals surface area contributed by atoms with Gasteiger partial charge in [-0.3, -0.25) is 4.98 Å². The molecule has 2 aromatic carbocycles. The fourth-order valence-electron chi connectivity index (χ4n) is 3.54. The quantitative estimate of drug-likeness (QED) is 0.670. The minimum atomic E-state index is -0.230. The van der Waals surface area contributed by atoms with Crippen molar-refractivity contribution < 1.29 is 4.79 Å². The second kappa shape index (κ2) is 8.05. The van der Waals surface area contributed by atoms with E-state index in [0.717, 1.165) is 33.5 Å². The SMILES string of the molecule is CNC(=O)N1N=C(c2ccc(Cl)cc2)c2cc(-c3ccncc3)ccc2CC1C. The lowest BCUT2D eigenvalue weighted by Crippen LogP contribution is -2.41. The lowest BCUT2D eigenvalue weighted by Gasteiger charge is -2.22. The first-order valence-corrected chi connectivity index (χ1v) is 9.84. The molecule has 5 nitrogen and oxygen atoms in total. The third-order valence-electron chi connectivity index (χ3n) is 5.06. The third kappa shape index (κ3) is 3.87.